The summed E-state index contributed by atoms with van der Waals surface area (Å²) < 4.78 is 11.9. The van der Waals surface area contributed by atoms with E-state index in [-0.39, 0.29) is 10.8 Å². The van der Waals surface area contributed by atoms with Crippen LogP contribution in [0.4, 0.5) is 4.79 Å². The van der Waals surface area contributed by atoms with E-state index >= 15 is 0 Å². The first kappa shape index (κ1) is 16.0. The number of likely N-dealkylation sites (tertiary alicyclic amines) is 2. The number of thioether (sulfide) groups is 1. The Labute approximate surface area is 143 Å². The molecule has 0 saturated carbocycles. The first-order valence-corrected chi connectivity index (χ1v) is 10.1. The molecule has 1 atom stereocenters. The zero-order valence-corrected chi connectivity index (χ0v) is 14.7. The van der Waals surface area contributed by atoms with E-state index in [4.69, 9.17) is 9.47 Å². The first-order chi connectivity index (χ1) is 11.2. The van der Waals surface area contributed by atoms with E-state index in [1.54, 1.807) is 0 Å². The van der Waals surface area contributed by atoms with Crippen molar-refractivity contribution in [2.24, 2.45) is 5.92 Å². The predicted molar refractivity (Wildman–Crippen MR) is 90.9 cm³/mol. The Morgan fingerprint density at radius 2 is 1.91 bits per heavy atom. The number of hydrogen-bond donors (Lipinski definition) is 0. The van der Waals surface area contributed by atoms with Crippen molar-refractivity contribution in [1.82, 2.24) is 9.80 Å². The van der Waals surface area contributed by atoms with E-state index in [0.29, 0.717) is 12.0 Å². The molecule has 23 heavy (non-hydrogen) atoms. The van der Waals surface area contributed by atoms with Crippen molar-refractivity contribution in [3.63, 3.8) is 0 Å². The van der Waals surface area contributed by atoms with Crippen molar-refractivity contribution in [2.75, 3.05) is 51.8 Å². The average molecular weight is 340 g/mol. The maximum absolute atomic E-state index is 12.4. The van der Waals surface area contributed by atoms with Crippen LogP contribution in [0.2, 0.25) is 0 Å². The van der Waals surface area contributed by atoms with Gasteiger partial charge in [-0.15, -0.1) is 11.8 Å². The van der Waals surface area contributed by atoms with Gasteiger partial charge in [0, 0.05) is 51.8 Å². The van der Waals surface area contributed by atoms with Gasteiger partial charge in [0.2, 0.25) is 0 Å². The summed E-state index contributed by atoms with van der Waals surface area (Å²) >= 11 is 2.03. The number of urea groups is 1. The Hall–Kier alpha value is -0.460. The molecule has 4 fully saturated rings. The van der Waals surface area contributed by atoms with Crippen LogP contribution in [0, 0.1) is 5.92 Å². The third-order valence-corrected chi connectivity index (χ3v) is 7.26. The first-order valence-electron chi connectivity index (χ1n) is 9.11. The number of carbonyl (C=O) groups excluding carboxylic acids is 1. The lowest BCUT2D eigenvalue weighted by Crippen LogP contribution is -2.63. The molecule has 0 aliphatic carbocycles. The lowest BCUT2D eigenvalue weighted by molar-refractivity contribution is -0.0112. The highest BCUT2D eigenvalue weighted by atomic mass is 32.2. The van der Waals surface area contributed by atoms with Crippen LogP contribution in [0.25, 0.3) is 0 Å². The molecule has 4 rings (SSSR count). The molecule has 2 amide bonds. The molecule has 130 valence electrons. The minimum absolute atomic E-state index is 0.264. The van der Waals surface area contributed by atoms with Crippen LogP contribution in [-0.2, 0) is 9.47 Å². The number of amides is 2. The molecule has 0 N–H and O–H groups in total. The maximum Gasteiger partial charge on any atom is 0.320 e. The third kappa shape index (κ3) is 3.49. The molecule has 6 heteroatoms. The van der Waals surface area contributed by atoms with E-state index in [9.17, 15) is 4.79 Å². The minimum Gasteiger partial charge on any atom is -0.381 e. The van der Waals surface area contributed by atoms with E-state index < -0.39 is 0 Å². The number of hydrogen-bond acceptors (Lipinski definition) is 4. The van der Waals surface area contributed by atoms with Crippen LogP contribution in [-0.4, -0.2) is 78.4 Å². The smallest absolute Gasteiger partial charge is 0.320 e. The van der Waals surface area contributed by atoms with Crippen LogP contribution in [0.15, 0.2) is 0 Å². The van der Waals surface area contributed by atoms with Gasteiger partial charge in [-0.2, -0.15) is 0 Å². The molecule has 0 radical (unpaired) electrons. The van der Waals surface area contributed by atoms with Gasteiger partial charge in [0.25, 0.3) is 0 Å². The summed E-state index contributed by atoms with van der Waals surface area (Å²) in [6.45, 7) is 6.42. The van der Waals surface area contributed by atoms with Crippen molar-refractivity contribution >= 4 is 17.8 Å². The molecule has 0 aromatic heterocycles. The second-order valence-corrected chi connectivity index (χ2v) is 9.03. The van der Waals surface area contributed by atoms with Crippen LogP contribution in [0.5, 0.6) is 0 Å². The van der Waals surface area contributed by atoms with Crippen LogP contribution >= 0.6 is 11.8 Å². The van der Waals surface area contributed by atoms with E-state index in [0.717, 1.165) is 71.0 Å². The Balaban J connectivity index is 1.19. The predicted octanol–water partition coefficient (Wildman–Crippen LogP) is 2.21. The Bertz CT molecular complexity index is 430. The second-order valence-electron chi connectivity index (χ2n) is 7.54. The zero-order valence-electron chi connectivity index (χ0n) is 13.9. The van der Waals surface area contributed by atoms with E-state index in [1.165, 1.54) is 12.8 Å². The van der Waals surface area contributed by atoms with Gasteiger partial charge in [-0.25, -0.2) is 4.79 Å². The fourth-order valence-electron chi connectivity index (χ4n) is 4.21. The van der Waals surface area contributed by atoms with Gasteiger partial charge in [-0.1, -0.05) is 0 Å². The van der Waals surface area contributed by atoms with Gasteiger partial charge in [-0.05, 0) is 38.0 Å². The standard InChI is InChI=1S/C17H28N2O3S/c20-16(18-5-1-2-6-18)19-12-17(13-19)9-15(11-23-17)22-10-14-3-7-21-8-4-14/h14-15H,1-13H2/t15-/m0/s1. The van der Waals surface area contributed by atoms with Crippen LogP contribution in [0.1, 0.15) is 32.1 Å². The molecule has 1 spiro atoms. The van der Waals surface area contributed by atoms with Gasteiger partial charge in [0.1, 0.15) is 0 Å². The summed E-state index contributed by atoms with van der Waals surface area (Å²) in [7, 11) is 0. The monoisotopic (exact) mass is 340 g/mol. The summed E-state index contributed by atoms with van der Waals surface area (Å²) in [5.41, 5.74) is 0. The summed E-state index contributed by atoms with van der Waals surface area (Å²) in [5.74, 6) is 1.77. The molecule has 0 aromatic rings. The van der Waals surface area contributed by atoms with E-state index in [1.807, 2.05) is 21.6 Å². The van der Waals surface area contributed by atoms with E-state index in [2.05, 4.69) is 0 Å². The Morgan fingerprint density at radius 3 is 2.65 bits per heavy atom. The second kappa shape index (κ2) is 6.81. The Morgan fingerprint density at radius 1 is 1.17 bits per heavy atom. The Kier molecular flexibility index (Phi) is 4.74. The molecule has 0 bridgehead atoms. The largest absolute Gasteiger partial charge is 0.381 e. The molecule has 4 heterocycles. The summed E-state index contributed by atoms with van der Waals surface area (Å²) in [4.78, 5) is 16.4. The molecular formula is C17H28N2O3S. The van der Waals surface area contributed by atoms with Gasteiger partial charge in [0.15, 0.2) is 0 Å². The quantitative estimate of drug-likeness (QED) is 0.790. The highest BCUT2D eigenvalue weighted by molar-refractivity contribution is 8.01. The van der Waals surface area contributed by atoms with Crippen molar-refractivity contribution < 1.29 is 14.3 Å². The highest BCUT2D eigenvalue weighted by Crippen LogP contribution is 2.46. The fourth-order valence-corrected chi connectivity index (χ4v) is 5.76. The number of ether oxygens (including phenoxy) is 2. The number of nitrogens with zero attached hydrogens (tertiary/aromatic N) is 2. The summed E-state index contributed by atoms with van der Waals surface area (Å²) in [5, 5.41) is 0. The molecule has 0 unspecified atom stereocenters. The molecule has 4 aliphatic heterocycles. The average Bonchev–Trinajstić information content (AvgIpc) is 3.22. The minimum atomic E-state index is 0.264. The third-order valence-electron chi connectivity index (χ3n) is 5.69. The summed E-state index contributed by atoms with van der Waals surface area (Å²) in [6, 6.07) is 0.264. The normalized spacial score (nSPS) is 30.9. The highest BCUT2D eigenvalue weighted by Gasteiger charge is 2.51. The lowest BCUT2D eigenvalue weighted by Gasteiger charge is -2.48. The van der Waals surface area contributed by atoms with Gasteiger partial charge >= 0.3 is 6.03 Å². The van der Waals surface area contributed by atoms with Crippen molar-refractivity contribution in [1.29, 1.82) is 0 Å². The molecular weight excluding hydrogens is 312 g/mol. The maximum atomic E-state index is 12.4. The summed E-state index contributed by atoms with van der Waals surface area (Å²) in [6.07, 6.45) is 6.12. The number of rotatable bonds is 3. The van der Waals surface area contributed by atoms with Crippen LogP contribution in [0.3, 0.4) is 0 Å². The van der Waals surface area contributed by atoms with Gasteiger partial charge < -0.3 is 19.3 Å². The molecule has 4 saturated heterocycles. The van der Waals surface area contributed by atoms with Crippen molar-refractivity contribution in [2.45, 2.75) is 43.0 Å². The topological polar surface area (TPSA) is 42.0 Å². The molecule has 5 nitrogen and oxygen atoms in total. The van der Waals surface area contributed by atoms with Gasteiger partial charge in [0.05, 0.1) is 10.9 Å². The lowest BCUT2D eigenvalue weighted by atomic mass is 9.93. The molecule has 0 aromatic carbocycles. The van der Waals surface area contributed by atoms with Crippen molar-refractivity contribution in [3.05, 3.63) is 0 Å². The van der Waals surface area contributed by atoms with Gasteiger partial charge in [-0.3, -0.25) is 0 Å². The number of carbonyl (C=O) groups is 1. The van der Waals surface area contributed by atoms with Crippen molar-refractivity contribution in [3.8, 4) is 0 Å². The zero-order chi connectivity index (χ0) is 15.7. The molecule has 4 aliphatic rings. The van der Waals surface area contributed by atoms with Crippen LogP contribution < -0.4 is 0 Å². The fraction of sp³-hybridized carbons (Fsp3) is 0.941. The SMILES string of the molecule is O=C(N1CCCC1)N1CC2(C[C@H](OCC3CCOCC3)CS2)C1.